The number of nitrogens with two attached hydrogens (primary N) is 1. The van der Waals surface area contributed by atoms with Crippen molar-refractivity contribution in [2.75, 3.05) is 5.73 Å². The molecule has 2 aromatic rings. The number of rotatable bonds is 3. The van der Waals surface area contributed by atoms with Gasteiger partial charge in [0.1, 0.15) is 11.2 Å². The maximum absolute atomic E-state index is 13.8. The molecule has 5 heteroatoms. The first-order valence-corrected chi connectivity index (χ1v) is 5.99. The first kappa shape index (κ1) is 12.5. The number of hydrogen-bond donors (Lipinski definition) is 1. The van der Waals surface area contributed by atoms with Crippen LogP contribution in [-0.4, -0.2) is 9.55 Å². The van der Waals surface area contributed by atoms with Crippen LogP contribution in [0.15, 0.2) is 16.9 Å². The van der Waals surface area contributed by atoms with Crippen LogP contribution in [0.3, 0.4) is 0 Å². The Labute approximate surface area is 104 Å². The van der Waals surface area contributed by atoms with E-state index in [9.17, 15) is 9.18 Å². The second kappa shape index (κ2) is 4.76. The Balaban J connectivity index is 2.71. The third-order valence-electron chi connectivity index (χ3n) is 3.06. The van der Waals surface area contributed by atoms with Crippen molar-refractivity contribution >= 4 is 16.6 Å². The minimum Gasteiger partial charge on any atom is -0.396 e. The lowest BCUT2D eigenvalue weighted by atomic mass is 10.2. The number of fused-ring (bicyclic) bond motifs is 1. The molecule has 18 heavy (non-hydrogen) atoms. The fourth-order valence-electron chi connectivity index (χ4n) is 1.94. The number of halogens is 1. The van der Waals surface area contributed by atoms with Gasteiger partial charge in [0.15, 0.2) is 5.82 Å². The van der Waals surface area contributed by atoms with Gasteiger partial charge in [0.05, 0.1) is 11.2 Å². The number of nitrogen functional groups attached to an aromatic ring is 1. The van der Waals surface area contributed by atoms with Crippen LogP contribution in [0.2, 0.25) is 0 Å². The molecule has 2 N–H and O–H groups in total. The van der Waals surface area contributed by atoms with Gasteiger partial charge in [-0.2, -0.15) is 0 Å². The molecule has 4 nitrogen and oxygen atoms in total. The maximum Gasteiger partial charge on any atom is 0.264 e. The van der Waals surface area contributed by atoms with Gasteiger partial charge >= 0.3 is 0 Å². The van der Waals surface area contributed by atoms with E-state index in [1.54, 1.807) is 13.1 Å². The zero-order chi connectivity index (χ0) is 13.3. The average molecular weight is 249 g/mol. The molecule has 0 spiro atoms. The largest absolute Gasteiger partial charge is 0.396 e. The minimum absolute atomic E-state index is 0.0253. The van der Waals surface area contributed by atoms with Crippen molar-refractivity contribution in [1.82, 2.24) is 9.55 Å². The molecule has 0 aliphatic rings. The molecule has 0 radical (unpaired) electrons. The van der Waals surface area contributed by atoms with E-state index in [0.29, 0.717) is 17.8 Å². The lowest BCUT2D eigenvalue weighted by Crippen LogP contribution is -2.23. The first-order chi connectivity index (χ1) is 8.56. The van der Waals surface area contributed by atoms with Gasteiger partial charge in [0, 0.05) is 13.5 Å². The molecular formula is C13H16FN3O. The molecule has 1 heterocycles. The van der Waals surface area contributed by atoms with Crippen molar-refractivity contribution in [3.63, 3.8) is 0 Å². The van der Waals surface area contributed by atoms with E-state index < -0.39 is 5.82 Å². The molecule has 0 aliphatic carbocycles. The highest BCUT2D eigenvalue weighted by molar-refractivity contribution is 5.82. The monoisotopic (exact) mass is 249 g/mol. The highest BCUT2D eigenvalue weighted by Gasteiger charge is 2.13. The average Bonchev–Trinajstić information content (AvgIpc) is 2.36. The number of aryl methyl sites for hydroxylation is 1. The second-order valence-electron chi connectivity index (χ2n) is 4.36. The summed E-state index contributed by atoms with van der Waals surface area (Å²) in [4.78, 5) is 16.5. The van der Waals surface area contributed by atoms with Gasteiger partial charge in [-0.3, -0.25) is 9.36 Å². The maximum atomic E-state index is 13.8. The van der Waals surface area contributed by atoms with E-state index in [-0.39, 0.29) is 16.6 Å². The predicted molar refractivity (Wildman–Crippen MR) is 70.0 cm³/mol. The van der Waals surface area contributed by atoms with Crippen molar-refractivity contribution in [1.29, 1.82) is 0 Å². The summed E-state index contributed by atoms with van der Waals surface area (Å²) in [6.45, 7) is 2.07. The van der Waals surface area contributed by atoms with Gasteiger partial charge in [-0.1, -0.05) is 13.3 Å². The topological polar surface area (TPSA) is 60.9 Å². The summed E-state index contributed by atoms with van der Waals surface area (Å²) >= 11 is 0. The number of anilines is 1. The van der Waals surface area contributed by atoms with Crippen LogP contribution < -0.4 is 11.3 Å². The van der Waals surface area contributed by atoms with Crippen molar-refractivity contribution in [3.8, 4) is 0 Å². The van der Waals surface area contributed by atoms with E-state index in [1.807, 2.05) is 0 Å². The Kier molecular flexibility index (Phi) is 3.32. The summed E-state index contributed by atoms with van der Waals surface area (Å²) in [6, 6.07) is 3.03. The smallest absolute Gasteiger partial charge is 0.264 e. The highest BCUT2D eigenvalue weighted by atomic mass is 19.1. The zero-order valence-electron chi connectivity index (χ0n) is 10.5. The van der Waals surface area contributed by atoms with Gasteiger partial charge in [-0.15, -0.1) is 0 Å². The summed E-state index contributed by atoms with van der Waals surface area (Å²) in [6.07, 6.45) is 2.68. The normalized spacial score (nSPS) is 11.1. The van der Waals surface area contributed by atoms with Crippen LogP contribution in [0.5, 0.6) is 0 Å². The molecule has 1 aromatic heterocycles. The van der Waals surface area contributed by atoms with E-state index >= 15 is 0 Å². The van der Waals surface area contributed by atoms with E-state index in [2.05, 4.69) is 11.9 Å². The zero-order valence-corrected chi connectivity index (χ0v) is 10.5. The van der Waals surface area contributed by atoms with E-state index in [1.165, 1.54) is 10.6 Å². The summed E-state index contributed by atoms with van der Waals surface area (Å²) in [7, 11) is 1.61. The van der Waals surface area contributed by atoms with Crippen molar-refractivity contribution in [3.05, 3.63) is 34.1 Å². The highest BCUT2D eigenvalue weighted by Crippen LogP contribution is 2.18. The number of nitrogens with zero attached hydrogens (tertiary/aromatic N) is 2. The predicted octanol–water partition coefficient (Wildman–Crippen LogP) is 2.00. The van der Waals surface area contributed by atoms with E-state index in [4.69, 9.17) is 5.73 Å². The molecule has 0 amide bonds. The molecule has 0 unspecified atom stereocenters. The molecular weight excluding hydrogens is 233 g/mol. The van der Waals surface area contributed by atoms with Crippen LogP contribution in [0.1, 0.15) is 25.6 Å². The molecule has 1 aromatic carbocycles. The Morgan fingerprint density at radius 3 is 2.83 bits per heavy atom. The molecule has 0 bridgehead atoms. The molecule has 96 valence electrons. The Hall–Kier alpha value is -1.91. The van der Waals surface area contributed by atoms with Gasteiger partial charge in [-0.25, -0.2) is 9.37 Å². The van der Waals surface area contributed by atoms with Gasteiger partial charge in [0.25, 0.3) is 5.56 Å². The third-order valence-corrected chi connectivity index (χ3v) is 3.06. The number of unbranched alkanes of at least 4 members (excludes halogenated alkanes) is 1. The van der Waals surface area contributed by atoms with Crippen LogP contribution >= 0.6 is 0 Å². The lowest BCUT2D eigenvalue weighted by molar-refractivity contribution is 0.635. The third kappa shape index (κ3) is 1.96. The Bertz CT molecular complexity index is 649. The summed E-state index contributed by atoms with van der Waals surface area (Å²) < 4.78 is 15.2. The molecule has 2 rings (SSSR count). The minimum atomic E-state index is -0.678. The quantitative estimate of drug-likeness (QED) is 0.846. The van der Waals surface area contributed by atoms with Crippen LogP contribution in [0, 0.1) is 5.82 Å². The fraction of sp³-hybridized carbons (Fsp3) is 0.385. The SMILES string of the molecule is CCCCc1nc2ccc(N)c(F)c2c(=O)n1C. The number of benzene rings is 1. The van der Waals surface area contributed by atoms with Crippen molar-refractivity contribution < 1.29 is 4.39 Å². The van der Waals surface area contributed by atoms with Crippen molar-refractivity contribution in [2.45, 2.75) is 26.2 Å². The molecule has 0 saturated heterocycles. The molecule has 0 aliphatic heterocycles. The summed E-state index contributed by atoms with van der Waals surface area (Å²) in [5.74, 6) is 0.00108. The second-order valence-corrected chi connectivity index (χ2v) is 4.36. The van der Waals surface area contributed by atoms with Crippen LogP contribution in [0.4, 0.5) is 10.1 Å². The summed E-state index contributed by atoms with van der Waals surface area (Å²) in [5, 5.41) is -0.0299. The number of hydrogen-bond acceptors (Lipinski definition) is 3. The van der Waals surface area contributed by atoms with Gasteiger partial charge in [-0.05, 0) is 18.6 Å². The van der Waals surface area contributed by atoms with E-state index in [0.717, 1.165) is 12.8 Å². The fourth-order valence-corrected chi connectivity index (χ4v) is 1.94. The Morgan fingerprint density at radius 1 is 1.44 bits per heavy atom. The van der Waals surface area contributed by atoms with Crippen LogP contribution in [-0.2, 0) is 13.5 Å². The standard InChI is InChI=1S/C13H16FN3O/c1-3-4-5-10-16-9-7-6-8(15)12(14)11(9)13(18)17(10)2/h6-7H,3-5,15H2,1-2H3. The first-order valence-electron chi connectivity index (χ1n) is 5.99. The molecule has 0 saturated carbocycles. The lowest BCUT2D eigenvalue weighted by Gasteiger charge is -2.09. The van der Waals surface area contributed by atoms with Crippen LogP contribution in [0.25, 0.3) is 10.9 Å². The van der Waals surface area contributed by atoms with Crippen molar-refractivity contribution in [2.24, 2.45) is 7.05 Å². The Morgan fingerprint density at radius 2 is 2.17 bits per heavy atom. The summed E-state index contributed by atoms with van der Waals surface area (Å²) in [5.41, 5.74) is 5.44. The molecule has 0 fully saturated rings. The number of aromatic nitrogens is 2. The van der Waals surface area contributed by atoms with Gasteiger partial charge in [0.2, 0.25) is 0 Å². The van der Waals surface area contributed by atoms with Gasteiger partial charge < -0.3 is 5.73 Å². The molecule has 0 atom stereocenters.